The molecule has 1 aliphatic rings. The van der Waals surface area contributed by atoms with Crippen LogP contribution in [0.25, 0.3) is 0 Å². The number of hydrogen-bond donors (Lipinski definition) is 1. The Bertz CT molecular complexity index is 242. The summed E-state index contributed by atoms with van der Waals surface area (Å²) in [7, 11) is 1.42. The lowest BCUT2D eigenvalue weighted by Crippen LogP contribution is -2.31. The number of benzene rings is 1. The van der Waals surface area contributed by atoms with Crippen molar-refractivity contribution in [3.05, 3.63) is 36.4 Å². The van der Waals surface area contributed by atoms with Crippen LogP contribution in [-0.4, -0.2) is 25.7 Å². The van der Waals surface area contributed by atoms with Gasteiger partial charge in [0.2, 0.25) is 0 Å². The number of hydrogen-bond acceptors (Lipinski definition) is 3. The maximum atomic E-state index is 10.7. The molecule has 1 aromatic carbocycles. The highest BCUT2D eigenvalue weighted by Crippen LogP contribution is 2.05. The van der Waals surface area contributed by atoms with E-state index < -0.39 is 0 Å². The fourth-order valence-electron chi connectivity index (χ4n) is 1.41. The van der Waals surface area contributed by atoms with E-state index in [1.807, 2.05) is 36.4 Å². The van der Waals surface area contributed by atoms with Gasteiger partial charge in [0.1, 0.15) is 6.04 Å². The van der Waals surface area contributed by atoms with Crippen molar-refractivity contribution in [2.75, 3.05) is 13.7 Å². The smallest absolute Gasteiger partial charge is 0.322 e. The van der Waals surface area contributed by atoms with Crippen LogP contribution < -0.4 is 5.32 Å². The third kappa shape index (κ3) is 4.61. The first-order chi connectivity index (χ1) is 7.34. The first-order valence-corrected chi connectivity index (χ1v) is 5.16. The average molecular weight is 207 g/mol. The number of rotatable bonds is 1. The van der Waals surface area contributed by atoms with Crippen molar-refractivity contribution in [1.29, 1.82) is 0 Å². The van der Waals surface area contributed by atoms with Crippen LogP contribution in [0.15, 0.2) is 36.4 Å². The maximum Gasteiger partial charge on any atom is 0.322 e. The van der Waals surface area contributed by atoms with Gasteiger partial charge in [0.15, 0.2) is 0 Å². The van der Waals surface area contributed by atoms with E-state index in [9.17, 15) is 4.79 Å². The predicted molar refractivity (Wildman–Crippen MR) is 59.5 cm³/mol. The second kappa shape index (κ2) is 7.01. The molecule has 0 amide bonds. The third-order valence-corrected chi connectivity index (χ3v) is 2.21. The highest BCUT2D eigenvalue weighted by atomic mass is 16.5. The summed E-state index contributed by atoms with van der Waals surface area (Å²) in [5.74, 6) is -0.132. The largest absolute Gasteiger partial charge is 0.468 e. The van der Waals surface area contributed by atoms with Gasteiger partial charge in [0, 0.05) is 0 Å². The maximum absolute atomic E-state index is 10.7. The summed E-state index contributed by atoms with van der Waals surface area (Å²) in [5.41, 5.74) is 0. The minimum Gasteiger partial charge on any atom is -0.468 e. The van der Waals surface area contributed by atoms with E-state index in [4.69, 9.17) is 0 Å². The Morgan fingerprint density at radius 2 is 1.73 bits per heavy atom. The van der Waals surface area contributed by atoms with Gasteiger partial charge in [-0.2, -0.15) is 0 Å². The lowest BCUT2D eigenvalue weighted by Gasteiger charge is -2.04. The Labute approximate surface area is 90.4 Å². The van der Waals surface area contributed by atoms with Gasteiger partial charge in [-0.3, -0.25) is 4.79 Å². The zero-order valence-corrected chi connectivity index (χ0v) is 8.98. The highest BCUT2D eigenvalue weighted by Gasteiger charge is 2.21. The Morgan fingerprint density at radius 3 is 2.07 bits per heavy atom. The van der Waals surface area contributed by atoms with Crippen LogP contribution in [0.3, 0.4) is 0 Å². The van der Waals surface area contributed by atoms with Gasteiger partial charge in [-0.25, -0.2) is 0 Å². The van der Waals surface area contributed by atoms with Crippen molar-refractivity contribution in [1.82, 2.24) is 5.32 Å². The van der Waals surface area contributed by atoms with Crippen molar-refractivity contribution in [2.24, 2.45) is 0 Å². The summed E-state index contributed by atoms with van der Waals surface area (Å²) < 4.78 is 4.53. The molecule has 1 N–H and O–H groups in total. The quantitative estimate of drug-likeness (QED) is 0.711. The molecule has 1 heterocycles. The molecule has 0 spiro atoms. The molecule has 15 heavy (non-hydrogen) atoms. The summed E-state index contributed by atoms with van der Waals surface area (Å²) >= 11 is 0. The summed E-state index contributed by atoms with van der Waals surface area (Å²) in [6.45, 7) is 0.944. The molecule has 1 atom stereocenters. The van der Waals surface area contributed by atoms with Crippen LogP contribution in [0.1, 0.15) is 12.8 Å². The van der Waals surface area contributed by atoms with Crippen molar-refractivity contribution in [2.45, 2.75) is 18.9 Å². The van der Waals surface area contributed by atoms with E-state index in [0.717, 1.165) is 19.4 Å². The normalized spacial score (nSPS) is 18.9. The lowest BCUT2D eigenvalue weighted by molar-refractivity contribution is -0.142. The van der Waals surface area contributed by atoms with E-state index in [2.05, 4.69) is 10.1 Å². The number of carbonyl (C=O) groups excluding carboxylic acids is 1. The van der Waals surface area contributed by atoms with E-state index in [-0.39, 0.29) is 12.0 Å². The molecule has 0 unspecified atom stereocenters. The number of esters is 1. The van der Waals surface area contributed by atoms with E-state index in [1.54, 1.807) is 0 Å². The lowest BCUT2D eigenvalue weighted by atomic mass is 10.2. The van der Waals surface area contributed by atoms with Gasteiger partial charge in [-0.15, -0.1) is 0 Å². The first-order valence-electron chi connectivity index (χ1n) is 5.16. The standard InChI is InChI=1S/C6H11NO2.C6H6/c1-9-6(8)5-3-2-4-7-5;1-2-4-6-5-3-1/h5,7H,2-4H2,1H3;1-6H/t5-;/m0./s1. The summed E-state index contributed by atoms with van der Waals surface area (Å²) in [5, 5.41) is 3.03. The molecule has 1 aromatic rings. The molecule has 1 saturated heterocycles. The van der Waals surface area contributed by atoms with Crippen LogP contribution >= 0.6 is 0 Å². The molecule has 2 rings (SSSR count). The minimum atomic E-state index is -0.132. The van der Waals surface area contributed by atoms with Crippen molar-refractivity contribution >= 4 is 5.97 Å². The topological polar surface area (TPSA) is 38.3 Å². The predicted octanol–water partition coefficient (Wildman–Crippen LogP) is 1.60. The van der Waals surface area contributed by atoms with E-state index in [0.29, 0.717) is 0 Å². The molecule has 1 aliphatic heterocycles. The van der Waals surface area contributed by atoms with Gasteiger partial charge in [0.25, 0.3) is 0 Å². The monoisotopic (exact) mass is 207 g/mol. The zero-order valence-electron chi connectivity index (χ0n) is 8.98. The Kier molecular flexibility index (Phi) is 5.48. The summed E-state index contributed by atoms with van der Waals surface area (Å²) in [6.07, 6.45) is 2.01. The van der Waals surface area contributed by atoms with Crippen molar-refractivity contribution in [3.63, 3.8) is 0 Å². The number of ether oxygens (including phenoxy) is 1. The van der Waals surface area contributed by atoms with Crippen LogP contribution in [0.2, 0.25) is 0 Å². The van der Waals surface area contributed by atoms with Crippen LogP contribution in [0.5, 0.6) is 0 Å². The van der Waals surface area contributed by atoms with Crippen molar-refractivity contribution in [3.8, 4) is 0 Å². The second-order valence-corrected chi connectivity index (χ2v) is 3.33. The number of nitrogens with one attached hydrogen (secondary N) is 1. The molecule has 0 aromatic heterocycles. The average Bonchev–Trinajstić information content (AvgIpc) is 2.85. The fourth-order valence-corrected chi connectivity index (χ4v) is 1.41. The van der Waals surface area contributed by atoms with Crippen LogP contribution in [0, 0.1) is 0 Å². The zero-order chi connectivity index (χ0) is 10.9. The molecule has 3 nitrogen and oxygen atoms in total. The van der Waals surface area contributed by atoms with Gasteiger partial charge >= 0.3 is 5.97 Å². The molecule has 0 saturated carbocycles. The SMILES string of the molecule is COC(=O)[C@@H]1CCCN1.c1ccccc1. The van der Waals surface area contributed by atoms with Gasteiger partial charge in [-0.05, 0) is 19.4 Å². The highest BCUT2D eigenvalue weighted by molar-refractivity contribution is 5.75. The Balaban J connectivity index is 0.000000162. The Morgan fingerprint density at radius 1 is 1.20 bits per heavy atom. The molecule has 0 radical (unpaired) electrons. The molecule has 0 bridgehead atoms. The second-order valence-electron chi connectivity index (χ2n) is 3.33. The van der Waals surface area contributed by atoms with Gasteiger partial charge in [0.05, 0.1) is 7.11 Å². The molecule has 3 heteroatoms. The van der Waals surface area contributed by atoms with Crippen LogP contribution in [0.4, 0.5) is 0 Å². The van der Waals surface area contributed by atoms with E-state index >= 15 is 0 Å². The molecule has 82 valence electrons. The van der Waals surface area contributed by atoms with Gasteiger partial charge in [-0.1, -0.05) is 36.4 Å². The molecule has 0 aliphatic carbocycles. The number of methoxy groups -OCH3 is 1. The summed E-state index contributed by atoms with van der Waals surface area (Å²) in [6, 6.07) is 12.0. The number of carbonyl (C=O) groups is 1. The minimum absolute atomic E-state index is 0.0324. The van der Waals surface area contributed by atoms with E-state index in [1.165, 1.54) is 7.11 Å². The van der Waals surface area contributed by atoms with Crippen molar-refractivity contribution < 1.29 is 9.53 Å². The Hall–Kier alpha value is -1.35. The molecule has 1 fully saturated rings. The molecular formula is C12H17NO2. The molecular weight excluding hydrogens is 190 g/mol. The fraction of sp³-hybridized carbons (Fsp3) is 0.417. The summed E-state index contributed by atoms with van der Waals surface area (Å²) in [4.78, 5) is 10.7. The van der Waals surface area contributed by atoms with Crippen LogP contribution in [-0.2, 0) is 9.53 Å². The van der Waals surface area contributed by atoms with Gasteiger partial charge < -0.3 is 10.1 Å². The third-order valence-electron chi connectivity index (χ3n) is 2.21. The first kappa shape index (κ1) is 11.7.